The van der Waals surface area contributed by atoms with Crippen LogP contribution in [0.1, 0.15) is 46.5 Å². The summed E-state index contributed by atoms with van der Waals surface area (Å²) in [5, 5.41) is 8.42. The Morgan fingerprint density at radius 1 is 0.700 bits per heavy atom. The Morgan fingerprint density at radius 3 is 1.68 bits per heavy atom. The number of rotatable bonds is 16. The van der Waals surface area contributed by atoms with Crippen LogP contribution in [0, 0.1) is 0 Å². The van der Waals surface area contributed by atoms with Crippen LogP contribution >= 0.6 is 0 Å². The molecule has 2 aromatic carbocycles. The van der Waals surface area contributed by atoms with Gasteiger partial charge in [0.25, 0.3) is 0 Å². The van der Waals surface area contributed by atoms with Crippen LogP contribution in [0.3, 0.4) is 0 Å². The van der Waals surface area contributed by atoms with Crippen molar-refractivity contribution in [3.05, 3.63) is 48.5 Å². The second-order valence-corrected chi connectivity index (χ2v) is 8.51. The van der Waals surface area contributed by atoms with Gasteiger partial charge in [-0.1, -0.05) is 0 Å². The molecular formula is C29H38O11. The number of benzene rings is 2. The Labute approximate surface area is 234 Å². The summed E-state index contributed by atoms with van der Waals surface area (Å²) < 4.78 is 30.5. The Kier molecular flexibility index (Phi) is 15.9. The molecule has 2 atom stereocenters. The van der Waals surface area contributed by atoms with Gasteiger partial charge in [-0.3, -0.25) is 9.59 Å². The summed E-state index contributed by atoms with van der Waals surface area (Å²) in [6.07, 6.45) is 1.87. The normalized spacial score (nSPS) is 11.5. The molecule has 2 aromatic rings. The third-order valence-electron chi connectivity index (χ3n) is 5.26. The van der Waals surface area contributed by atoms with E-state index in [0.717, 1.165) is 25.0 Å². The van der Waals surface area contributed by atoms with Crippen molar-refractivity contribution in [3.8, 4) is 23.0 Å². The molecule has 0 saturated heterocycles. The number of carbonyl (C=O) groups excluding carboxylic acids is 3. The second kappa shape index (κ2) is 18.9. The molecule has 0 amide bonds. The predicted molar refractivity (Wildman–Crippen MR) is 145 cm³/mol. The number of Topliss-reactive ketones (excluding diaryl/α,β-unsaturated/α-hetero) is 1. The Morgan fingerprint density at radius 2 is 1.20 bits per heavy atom. The molecule has 0 saturated carbocycles. The van der Waals surface area contributed by atoms with Gasteiger partial charge >= 0.3 is 17.9 Å². The van der Waals surface area contributed by atoms with Crippen molar-refractivity contribution >= 4 is 23.7 Å². The van der Waals surface area contributed by atoms with E-state index in [2.05, 4.69) is 9.47 Å². The lowest BCUT2D eigenvalue weighted by Gasteiger charge is -2.13. The van der Waals surface area contributed by atoms with E-state index in [-0.39, 0.29) is 18.4 Å². The van der Waals surface area contributed by atoms with Crippen LogP contribution in [0.15, 0.2) is 48.5 Å². The Balaban J connectivity index is 0.000000418. The maximum absolute atomic E-state index is 11.3. The summed E-state index contributed by atoms with van der Waals surface area (Å²) in [6, 6.07) is 13.5. The molecule has 11 heteroatoms. The van der Waals surface area contributed by atoms with Crippen molar-refractivity contribution in [1.29, 1.82) is 0 Å². The molecule has 0 fully saturated rings. The minimum absolute atomic E-state index is 0.0591. The van der Waals surface area contributed by atoms with Crippen LogP contribution in [0.25, 0.3) is 0 Å². The fraction of sp³-hybridized carbons (Fsp3) is 0.448. The first-order valence-corrected chi connectivity index (χ1v) is 12.7. The van der Waals surface area contributed by atoms with Gasteiger partial charge in [0.1, 0.15) is 23.0 Å². The van der Waals surface area contributed by atoms with E-state index < -0.39 is 24.1 Å². The summed E-state index contributed by atoms with van der Waals surface area (Å²) in [6.45, 7) is 4.95. The number of methoxy groups -OCH3 is 2. The molecule has 2 rings (SSSR count). The number of ether oxygens (including phenoxy) is 6. The second-order valence-electron chi connectivity index (χ2n) is 8.51. The number of carboxylic acid groups (broad SMARTS) is 1. The molecule has 0 aliphatic heterocycles. The van der Waals surface area contributed by atoms with Crippen molar-refractivity contribution in [3.63, 3.8) is 0 Å². The van der Waals surface area contributed by atoms with Crippen LogP contribution in [-0.2, 0) is 28.7 Å². The third kappa shape index (κ3) is 14.6. The van der Waals surface area contributed by atoms with Gasteiger partial charge < -0.3 is 33.5 Å². The molecule has 1 N–H and O–H groups in total. The first-order chi connectivity index (χ1) is 19.0. The monoisotopic (exact) mass is 562 g/mol. The zero-order chi connectivity index (χ0) is 29.9. The fourth-order valence-corrected chi connectivity index (χ4v) is 2.92. The van der Waals surface area contributed by atoms with Gasteiger partial charge in [0.15, 0.2) is 24.6 Å². The maximum atomic E-state index is 11.3. The summed E-state index contributed by atoms with van der Waals surface area (Å²) in [5.74, 6) is 0.599. The van der Waals surface area contributed by atoms with E-state index in [0.29, 0.717) is 30.3 Å². The minimum Gasteiger partial charge on any atom is -0.494 e. The number of carbonyl (C=O) groups is 4. The number of hydrogen-bond acceptors (Lipinski definition) is 10. The van der Waals surface area contributed by atoms with Gasteiger partial charge in [-0.25, -0.2) is 9.59 Å². The highest BCUT2D eigenvalue weighted by atomic mass is 16.6. The van der Waals surface area contributed by atoms with Crippen LogP contribution in [0.5, 0.6) is 23.0 Å². The van der Waals surface area contributed by atoms with E-state index in [1.54, 1.807) is 62.4 Å². The molecule has 0 aliphatic rings. The minimum atomic E-state index is -1.03. The zero-order valence-corrected chi connectivity index (χ0v) is 23.5. The number of unbranched alkanes of at least 4 members (excludes halogenated alkanes) is 2. The summed E-state index contributed by atoms with van der Waals surface area (Å²) in [5.41, 5.74) is 0. The van der Waals surface area contributed by atoms with E-state index in [4.69, 9.17) is 24.1 Å². The SMILES string of the molecule is CC(=O)C(C)Oc1ccc(OCC(=O)O)cc1.COC(=O)CCCCCOc1ccc(OC(C)C(=O)OC)cc1. The van der Waals surface area contributed by atoms with Gasteiger partial charge in [0.2, 0.25) is 0 Å². The summed E-state index contributed by atoms with van der Waals surface area (Å²) >= 11 is 0. The predicted octanol–water partition coefficient (Wildman–Crippen LogP) is 4.25. The topological polar surface area (TPSA) is 144 Å². The Hall–Kier alpha value is -4.28. The highest BCUT2D eigenvalue weighted by molar-refractivity contribution is 5.80. The van der Waals surface area contributed by atoms with Crippen LogP contribution < -0.4 is 18.9 Å². The van der Waals surface area contributed by atoms with E-state index in [1.165, 1.54) is 21.1 Å². The Bertz CT molecular complexity index is 1050. The standard InChI is InChI=1S/C17H24O6.C12H14O5/c1-13(17(19)21-3)23-15-10-8-14(9-11-15)22-12-6-4-5-7-16(18)20-2;1-8(13)9(2)17-11-5-3-10(4-6-11)16-7-12(14)15/h8-11,13H,4-7,12H2,1-3H3;3-6,9H,7H2,1-2H3,(H,14,15). The van der Waals surface area contributed by atoms with Crippen molar-refractivity contribution in [2.75, 3.05) is 27.4 Å². The quantitative estimate of drug-likeness (QED) is 0.232. The number of hydrogen-bond donors (Lipinski definition) is 1. The third-order valence-corrected chi connectivity index (χ3v) is 5.26. The van der Waals surface area contributed by atoms with Crippen molar-refractivity contribution in [1.82, 2.24) is 0 Å². The van der Waals surface area contributed by atoms with Crippen molar-refractivity contribution in [2.24, 2.45) is 0 Å². The van der Waals surface area contributed by atoms with Crippen LogP contribution in [0.2, 0.25) is 0 Å². The smallest absolute Gasteiger partial charge is 0.346 e. The highest BCUT2D eigenvalue weighted by Gasteiger charge is 2.14. The van der Waals surface area contributed by atoms with Crippen molar-refractivity contribution in [2.45, 2.75) is 58.7 Å². The molecular weight excluding hydrogens is 524 g/mol. The highest BCUT2D eigenvalue weighted by Crippen LogP contribution is 2.20. The van der Waals surface area contributed by atoms with E-state index in [9.17, 15) is 19.2 Å². The average Bonchev–Trinajstić information content (AvgIpc) is 2.94. The molecule has 220 valence electrons. The van der Waals surface area contributed by atoms with Crippen LogP contribution in [-0.4, -0.2) is 68.4 Å². The molecule has 0 spiro atoms. The average molecular weight is 563 g/mol. The molecule has 0 bridgehead atoms. The lowest BCUT2D eigenvalue weighted by molar-refractivity contribution is -0.148. The molecule has 40 heavy (non-hydrogen) atoms. The van der Waals surface area contributed by atoms with Gasteiger partial charge in [-0.15, -0.1) is 0 Å². The first-order valence-electron chi connectivity index (χ1n) is 12.7. The number of esters is 2. The molecule has 2 unspecified atom stereocenters. The van der Waals surface area contributed by atoms with E-state index in [1.807, 2.05) is 0 Å². The largest absolute Gasteiger partial charge is 0.494 e. The van der Waals surface area contributed by atoms with Crippen LogP contribution in [0.4, 0.5) is 0 Å². The van der Waals surface area contributed by atoms with Gasteiger partial charge in [0.05, 0.1) is 20.8 Å². The first kappa shape index (κ1) is 33.7. The molecule has 0 aliphatic carbocycles. The van der Waals surface area contributed by atoms with Gasteiger partial charge in [0, 0.05) is 6.42 Å². The fourth-order valence-electron chi connectivity index (χ4n) is 2.92. The molecule has 11 nitrogen and oxygen atoms in total. The number of carboxylic acids is 1. The number of ketones is 1. The lowest BCUT2D eigenvalue weighted by Crippen LogP contribution is -2.24. The van der Waals surface area contributed by atoms with Gasteiger partial charge in [-0.05, 0) is 88.6 Å². The molecule has 0 radical (unpaired) electrons. The maximum Gasteiger partial charge on any atom is 0.346 e. The van der Waals surface area contributed by atoms with E-state index >= 15 is 0 Å². The molecule has 0 heterocycles. The lowest BCUT2D eigenvalue weighted by atomic mass is 10.2. The summed E-state index contributed by atoms with van der Waals surface area (Å²) in [7, 11) is 2.72. The van der Waals surface area contributed by atoms with Gasteiger partial charge in [-0.2, -0.15) is 0 Å². The zero-order valence-electron chi connectivity index (χ0n) is 23.5. The summed E-state index contributed by atoms with van der Waals surface area (Å²) in [4.78, 5) is 43.5. The van der Waals surface area contributed by atoms with Crippen molar-refractivity contribution < 1.29 is 52.7 Å². The number of aliphatic carboxylic acids is 1. The molecule has 0 aromatic heterocycles.